The summed E-state index contributed by atoms with van der Waals surface area (Å²) in [5.41, 5.74) is -0.0206. The molecule has 1 aliphatic rings. The molecule has 0 radical (unpaired) electrons. The van der Waals surface area contributed by atoms with Crippen molar-refractivity contribution in [1.82, 2.24) is 5.32 Å². The Labute approximate surface area is 128 Å². The van der Waals surface area contributed by atoms with Gasteiger partial charge < -0.3 is 24.6 Å². The zero-order valence-electron chi connectivity index (χ0n) is 12.3. The molecule has 7 heteroatoms. The molecule has 0 unspecified atom stereocenters. The van der Waals surface area contributed by atoms with Gasteiger partial charge in [-0.25, -0.2) is 4.79 Å². The Balaban J connectivity index is 1.78. The Morgan fingerprint density at radius 2 is 2.27 bits per heavy atom. The topological polar surface area (TPSA) is 94.1 Å². The summed E-state index contributed by atoms with van der Waals surface area (Å²) in [5.74, 6) is -1.02. The summed E-state index contributed by atoms with van der Waals surface area (Å²) >= 11 is 0. The lowest BCUT2D eigenvalue weighted by Crippen LogP contribution is -2.34. The standard InChI is InChI=1S/C15H19NO6/c1-20-10-4-5-12(13(17)7-10)15(19)22-9-14(18)16-8-11-3-2-6-21-11/h4-5,7,11,17H,2-3,6,8-9H2,1H3,(H,16,18)/t11-/m0/s1. The number of hydrogen-bond acceptors (Lipinski definition) is 6. The number of ether oxygens (including phenoxy) is 3. The predicted octanol–water partition coefficient (Wildman–Crippen LogP) is 0.853. The molecule has 2 rings (SSSR count). The van der Waals surface area contributed by atoms with E-state index in [2.05, 4.69) is 5.32 Å². The number of methoxy groups -OCH3 is 1. The second kappa shape index (κ2) is 7.65. The summed E-state index contributed by atoms with van der Waals surface area (Å²) < 4.78 is 15.2. The van der Waals surface area contributed by atoms with Crippen LogP contribution in [0.3, 0.4) is 0 Å². The number of phenols is 1. The molecular formula is C15H19NO6. The van der Waals surface area contributed by atoms with Gasteiger partial charge in [-0.3, -0.25) is 4.79 Å². The van der Waals surface area contributed by atoms with E-state index in [1.807, 2.05) is 0 Å². The van der Waals surface area contributed by atoms with Crippen molar-refractivity contribution in [3.05, 3.63) is 23.8 Å². The summed E-state index contributed by atoms with van der Waals surface area (Å²) in [5, 5.41) is 12.3. The summed E-state index contributed by atoms with van der Waals surface area (Å²) in [7, 11) is 1.45. The second-order valence-electron chi connectivity index (χ2n) is 4.90. The van der Waals surface area contributed by atoms with Gasteiger partial charge in [0.25, 0.3) is 5.91 Å². The van der Waals surface area contributed by atoms with Crippen molar-refractivity contribution in [3.63, 3.8) is 0 Å². The van der Waals surface area contributed by atoms with Crippen LogP contribution in [0.5, 0.6) is 11.5 Å². The van der Waals surface area contributed by atoms with Crippen molar-refractivity contribution < 1.29 is 28.9 Å². The van der Waals surface area contributed by atoms with E-state index in [1.165, 1.54) is 25.3 Å². The fourth-order valence-corrected chi connectivity index (χ4v) is 2.10. The van der Waals surface area contributed by atoms with Gasteiger partial charge >= 0.3 is 5.97 Å². The van der Waals surface area contributed by atoms with Crippen LogP contribution in [0, 0.1) is 0 Å². The number of rotatable bonds is 6. The monoisotopic (exact) mass is 309 g/mol. The van der Waals surface area contributed by atoms with Crippen LogP contribution in [0.15, 0.2) is 18.2 Å². The maximum Gasteiger partial charge on any atom is 0.342 e. The third-order valence-electron chi connectivity index (χ3n) is 3.31. The van der Waals surface area contributed by atoms with E-state index in [0.29, 0.717) is 18.9 Å². The van der Waals surface area contributed by atoms with Crippen molar-refractivity contribution in [1.29, 1.82) is 0 Å². The van der Waals surface area contributed by atoms with Gasteiger partial charge in [0.05, 0.1) is 13.2 Å². The molecule has 0 spiro atoms. The number of aromatic hydroxyl groups is 1. The van der Waals surface area contributed by atoms with E-state index in [-0.39, 0.29) is 17.4 Å². The molecule has 2 N–H and O–H groups in total. The van der Waals surface area contributed by atoms with Gasteiger partial charge in [-0.15, -0.1) is 0 Å². The third kappa shape index (κ3) is 4.36. The highest BCUT2D eigenvalue weighted by Crippen LogP contribution is 2.23. The molecule has 0 aromatic heterocycles. The molecule has 1 aliphatic heterocycles. The van der Waals surface area contributed by atoms with Gasteiger partial charge in [0.1, 0.15) is 17.1 Å². The summed E-state index contributed by atoms with van der Waals surface area (Å²) in [6.45, 7) is 0.716. The number of amides is 1. The SMILES string of the molecule is COc1ccc(C(=O)OCC(=O)NC[C@@H]2CCCO2)c(O)c1. The van der Waals surface area contributed by atoms with E-state index in [0.717, 1.165) is 12.8 Å². The van der Waals surface area contributed by atoms with E-state index in [4.69, 9.17) is 14.2 Å². The Morgan fingerprint density at radius 3 is 2.91 bits per heavy atom. The molecule has 0 bridgehead atoms. The van der Waals surface area contributed by atoms with Gasteiger partial charge in [-0.2, -0.15) is 0 Å². The Bertz CT molecular complexity index is 539. The molecule has 1 aromatic rings. The van der Waals surface area contributed by atoms with Gasteiger partial charge in [-0.05, 0) is 25.0 Å². The average Bonchev–Trinajstić information content (AvgIpc) is 3.03. The molecule has 1 amide bonds. The number of benzene rings is 1. The Morgan fingerprint density at radius 1 is 1.45 bits per heavy atom. The first-order chi connectivity index (χ1) is 10.6. The lowest BCUT2D eigenvalue weighted by molar-refractivity contribution is -0.124. The molecule has 1 heterocycles. The molecular weight excluding hydrogens is 290 g/mol. The number of carbonyl (C=O) groups is 2. The lowest BCUT2D eigenvalue weighted by Gasteiger charge is -2.11. The number of hydrogen-bond donors (Lipinski definition) is 2. The molecule has 7 nitrogen and oxygen atoms in total. The Hall–Kier alpha value is -2.28. The second-order valence-corrected chi connectivity index (χ2v) is 4.90. The molecule has 120 valence electrons. The first-order valence-corrected chi connectivity index (χ1v) is 7.02. The van der Waals surface area contributed by atoms with Crippen LogP contribution in [-0.2, 0) is 14.3 Å². The van der Waals surface area contributed by atoms with Crippen molar-refractivity contribution >= 4 is 11.9 Å². The molecule has 0 aliphatic carbocycles. The van der Waals surface area contributed by atoms with Crippen molar-refractivity contribution in [2.45, 2.75) is 18.9 Å². The predicted molar refractivity (Wildman–Crippen MR) is 76.9 cm³/mol. The maximum atomic E-state index is 11.8. The van der Waals surface area contributed by atoms with Gasteiger partial charge in [0.15, 0.2) is 6.61 Å². The number of carbonyl (C=O) groups excluding carboxylic acids is 2. The van der Waals surface area contributed by atoms with Crippen LogP contribution in [0.4, 0.5) is 0 Å². The minimum Gasteiger partial charge on any atom is -0.507 e. The fraction of sp³-hybridized carbons (Fsp3) is 0.467. The Kier molecular flexibility index (Phi) is 5.60. The highest BCUT2D eigenvalue weighted by Gasteiger charge is 2.18. The zero-order valence-corrected chi connectivity index (χ0v) is 12.3. The van der Waals surface area contributed by atoms with E-state index in [1.54, 1.807) is 0 Å². The average molecular weight is 309 g/mol. The fourth-order valence-electron chi connectivity index (χ4n) is 2.10. The van der Waals surface area contributed by atoms with Crippen molar-refractivity contribution in [2.24, 2.45) is 0 Å². The minimum absolute atomic E-state index is 0.0206. The minimum atomic E-state index is -0.771. The van der Waals surface area contributed by atoms with E-state index < -0.39 is 18.5 Å². The number of phenolic OH excluding ortho intramolecular Hbond substituents is 1. The summed E-state index contributed by atoms with van der Waals surface area (Å²) in [6.07, 6.45) is 1.94. The number of esters is 1. The van der Waals surface area contributed by atoms with Gasteiger partial charge in [0.2, 0.25) is 0 Å². The highest BCUT2D eigenvalue weighted by atomic mass is 16.5. The van der Waals surface area contributed by atoms with Gasteiger partial charge in [0, 0.05) is 19.2 Å². The van der Waals surface area contributed by atoms with Crippen molar-refractivity contribution in [3.8, 4) is 11.5 Å². The third-order valence-corrected chi connectivity index (χ3v) is 3.31. The summed E-state index contributed by atoms with van der Waals surface area (Å²) in [6, 6.07) is 4.20. The maximum absolute atomic E-state index is 11.8. The highest BCUT2D eigenvalue weighted by molar-refractivity contribution is 5.94. The normalized spacial score (nSPS) is 17.0. The van der Waals surface area contributed by atoms with Crippen LogP contribution in [-0.4, -0.2) is 50.0 Å². The smallest absolute Gasteiger partial charge is 0.342 e. The molecule has 1 aromatic carbocycles. The van der Waals surface area contributed by atoms with Crippen LogP contribution in [0.2, 0.25) is 0 Å². The summed E-state index contributed by atoms with van der Waals surface area (Å²) in [4.78, 5) is 23.4. The van der Waals surface area contributed by atoms with Crippen molar-refractivity contribution in [2.75, 3.05) is 26.9 Å². The number of nitrogens with one attached hydrogen (secondary N) is 1. The van der Waals surface area contributed by atoms with Crippen LogP contribution >= 0.6 is 0 Å². The lowest BCUT2D eigenvalue weighted by atomic mass is 10.2. The first kappa shape index (κ1) is 16.1. The largest absolute Gasteiger partial charge is 0.507 e. The molecule has 1 saturated heterocycles. The van der Waals surface area contributed by atoms with Crippen LogP contribution < -0.4 is 10.1 Å². The molecule has 1 fully saturated rings. The zero-order chi connectivity index (χ0) is 15.9. The molecule has 1 atom stereocenters. The first-order valence-electron chi connectivity index (χ1n) is 7.02. The van der Waals surface area contributed by atoms with Gasteiger partial charge in [-0.1, -0.05) is 0 Å². The molecule has 22 heavy (non-hydrogen) atoms. The van der Waals surface area contributed by atoms with E-state index in [9.17, 15) is 14.7 Å². The van der Waals surface area contributed by atoms with E-state index >= 15 is 0 Å². The molecule has 0 saturated carbocycles. The van der Waals surface area contributed by atoms with Crippen LogP contribution in [0.25, 0.3) is 0 Å². The quantitative estimate of drug-likeness (QED) is 0.757. The van der Waals surface area contributed by atoms with Crippen LogP contribution in [0.1, 0.15) is 23.2 Å².